The molecule has 0 spiro atoms. The van der Waals surface area contributed by atoms with Crippen LogP contribution in [0.5, 0.6) is 0 Å². The third kappa shape index (κ3) is 4.92. The van der Waals surface area contributed by atoms with Crippen molar-refractivity contribution in [3.63, 3.8) is 0 Å². The zero-order valence-electron chi connectivity index (χ0n) is 14.5. The molecule has 0 saturated heterocycles. The number of nitrogens with one attached hydrogen (secondary N) is 1. The lowest BCUT2D eigenvalue weighted by molar-refractivity contribution is -0.124. The Morgan fingerprint density at radius 2 is 1.82 bits per heavy atom. The van der Waals surface area contributed by atoms with E-state index in [1.165, 1.54) is 17.6 Å². The highest BCUT2D eigenvalue weighted by atomic mass is 32.2. The van der Waals surface area contributed by atoms with Crippen molar-refractivity contribution in [1.82, 2.24) is 9.79 Å². The third-order valence-corrected chi connectivity index (χ3v) is 5.25. The van der Waals surface area contributed by atoms with Gasteiger partial charge in [-0.2, -0.15) is 0 Å². The number of hydrogen-bond donors (Lipinski definition) is 2. The summed E-state index contributed by atoms with van der Waals surface area (Å²) in [5, 5.41) is 8.45. The van der Waals surface area contributed by atoms with E-state index >= 15 is 0 Å². The van der Waals surface area contributed by atoms with E-state index in [4.69, 9.17) is 5.21 Å². The topological polar surface area (TPSA) is 52.6 Å². The minimum atomic E-state index is -1.82. The summed E-state index contributed by atoms with van der Waals surface area (Å²) in [6.45, 7) is 0.385. The lowest BCUT2D eigenvalue weighted by Crippen LogP contribution is -2.18. The molecule has 0 heterocycles. The second-order valence-electron chi connectivity index (χ2n) is 6.25. The Balaban J connectivity index is 1.73. The summed E-state index contributed by atoms with van der Waals surface area (Å²) < 4.78 is 55.8. The van der Waals surface area contributed by atoms with Gasteiger partial charge >= 0.3 is 0 Å². The predicted octanol–water partition coefficient (Wildman–Crippen LogP) is 4.43. The van der Waals surface area contributed by atoms with Gasteiger partial charge in [0.15, 0.2) is 23.3 Å². The largest absolute Gasteiger partial charge is 0.288 e. The van der Waals surface area contributed by atoms with Gasteiger partial charge in [-0.25, -0.2) is 27.3 Å². The number of halogens is 4. The van der Waals surface area contributed by atoms with Crippen LogP contribution in [-0.4, -0.2) is 21.5 Å². The summed E-state index contributed by atoms with van der Waals surface area (Å²) in [7, 11) is 0. The monoisotopic (exact) mass is 412 g/mol. The Bertz CT molecular complexity index is 902. The van der Waals surface area contributed by atoms with Crippen molar-refractivity contribution in [2.24, 2.45) is 0 Å². The molecule has 1 fully saturated rings. The van der Waals surface area contributed by atoms with Crippen molar-refractivity contribution in [3.8, 4) is 0 Å². The molecular formula is C19H16F4N2O2S. The molecule has 1 aliphatic carbocycles. The van der Waals surface area contributed by atoms with Crippen LogP contribution in [0, 0.1) is 23.3 Å². The maximum atomic E-state index is 14.0. The number of amides is 1. The summed E-state index contributed by atoms with van der Waals surface area (Å²) in [4.78, 5) is 10.7. The molecule has 0 bridgehead atoms. The second-order valence-corrected chi connectivity index (χ2v) is 7.34. The molecule has 1 amide bonds. The summed E-state index contributed by atoms with van der Waals surface area (Å²) in [6, 6.07) is 7.90. The molecule has 0 radical (unpaired) electrons. The maximum absolute atomic E-state index is 14.0. The van der Waals surface area contributed by atoms with E-state index in [0.29, 0.717) is 12.6 Å². The molecule has 28 heavy (non-hydrogen) atoms. The number of hydrogen-bond acceptors (Lipinski definition) is 4. The number of benzene rings is 2. The fraction of sp³-hybridized carbons (Fsp3) is 0.211. The van der Waals surface area contributed by atoms with Crippen molar-refractivity contribution in [1.29, 1.82) is 0 Å². The molecule has 148 valence electrons. The Labute approximate surface area is 162 Å². The van der Waals surface area contributed by atoms with E-state index < -0.39 is 29.2 Å². The van der Waals surface area contributed by atoms with E-state index in [0.717, 1.165) is 35.9 Å². The molecule has 1 aliphatic rings. The van der Waals surface area contributed by atoms with Crippen molar-refractivity contribution < 1.29 is 27.6 Å². The number of hydroxylamine groups is 1. The van der Waals surface area contributed by atoms with Gasteiger partial charge in [-0.1, -0.05) is 24.3 Å². The van der Waals surface area contributed by atoms with Crippen LogP contribution >= 0.6 is 11.9 Å². The van der Waals surface area contributed by atoms with E-state index in [1.807, 2.05) is 0 Å². The first-order valence-electron chi connectivity index (χ1n) is 8.37. The van der Waals surface area contributed by atoms with Crippen LogP contribution in [0.1, 0.15) is 24.0 Å². The Morgan fingerprint density at radius 3 is 2.43 bits per heavy atom. The van der Waals surface area contributed by atoms with Crippen LogP contribution in [0.4, 0.5) is 17.6 Å². The van der Waals surface area contributed by atoms with E-state index in [2.05, 4.69) is 0 Å². The molecule has 0 aliphatic heterocycles. The van der Waals surface area contributed by atoms with Gasteiger partial charge < -0.3 is 0 Å². The highest BCUT2D eigenvalue weighted by Gasteiger charge is 2.31. The van der Waals surface area contributed by atoms with E-state index in [1.54, 1.807) is 28.6 Å². The van der Waals surface area contributed by atoms with Crippen LogP contribution in [-0.2, 0) is 11.3 Å². The van der Waals surface area contributed by atoms with Crippen molar-refractivity contribution >= 4 is 23.9 Å². The van der Waals surface area contributed by atoms with Gasteiger partial charge in [0, 0.05) is 18.7 Å². The Kier molecular flexibility index (Phi) is 6.38. The molecule has 0 atom stereocenters. The fourth-order valence-corrected chi connectivity index (χ4v) is 3.62. The smallest absolute Gasteiger partial charge is 0.267 e. The van der Waals surface area contributed by atoms with Crippen molar-refractivity contribution in [2.75, 3.05) is 0 Å². The number of rotatable bonds is 7. The standard InChI is InChI=1S/C19H16F4N2O2S/c20-14-9-15(18(22)19(23)17(14)21)28-25(13-6-7-13)10-12-3-1-11(2-4-12)5-8-16(26)24-27/h1-5,8-9,13,27H,6-7,10H2,(H,24,26)/b8-5+. The quantitative estimate of drug-likeness (QED) is 0.134. The van der Waals surface area contributed by atoms with Crippen molar-refractivity contribution in [2.45, 2.75) is 30.3 Å². The second kappa shape index (κ2) is 8.76. The van der Waals surface area contributed by atoms with Gasteiger partial charge in [-0.05, 0) is 48.1 Å². The lowest BCUT2D eigenvalue weighted by Gasteiger charge is -2.21. The van der Waals surface area contributed by atoms with Crippen LogP contribution in [0.3, 0.4) is 0 Å². The first kappa shape index (κ1) is 20.4. The fourth-order valence-electron chi connectivity index (χ4n) is 2.47. The molecular weight excluding hydrogens is 396 g/mol. The average Bonchev–Trinajstić information content (AvgIpc) is 3.54. The van der Waals surface area contributed by atoms with E-state index in [-0.39, 0.29) is 10.9 Å². The van der Waals surface area contributed by atoms with Gasteiger partial charge in [-0.3, -0.25) is 10.0 Å². The first-order chi connectivity index (χ1) is 13.4. The molecule has 2 aromatic rings. The van der Waals surface area contributed by atoms with E-state index in [9.17, 15) is 22.4 Å². The maximum Gasteiger partial charge on any atom is 0.267 e. The van der Waals surface area contributed by atoms with Crippen LogP contribution in [0.25, 0.3) is 6.08 Å². The summed E-state index contributed by atoms with van der Waals surface area (Å²) in [5.74, 6) is -7.13. The van der Waals surface area contributed by atoms with Gasteiger partial charge in [-0.15, -0.1) is 0 Å². The molecule has 1 saturated carbocycles. The van der Waals surface area contributed by atoms with Gasteiger partial charge in [0.25, 0.3) is 5.91 Å². The SMILES string of the molecule is O=C(/C=C/c1ccc(CN(Sc2cc(F)c(F)c(F)c2F)C2CC2)cc1)NO. The molecule has 4 nitrogen and oxygen atoms in total. The Morgan fingerprint density at radius 1 is 1.14 bits per heavy atom. The molecule has 0 unspecified atom stereocenters. The molecule has 0 aromatic heterocycles. The van der Waals surface area contributed by atoms with Gasteiger partial charge in [0.2, 0.25) is 0 Å². The summed E-state index contributed by atoms with van der Waals surface area (Å²) in [6.07, 6.45) is 4.43. The summed E-state index contributed by atoms with van der Waals surface area (Å²) in [5.41, 5.74) is 3.08. The van der Waals surface area contributed by atoms with Crippen LogP contribution in [0.2, 0.25) is 0 Å². The highest BCUT2D eigenvalue weighted by Crippen LogP contribution is 2.39. The number of carbonyl (C=O) groups excluding carboxylic acids is 1. The minimum absolute atomic E-state index is 0.133. The normalized spacial score (nSPS) is 14.1. The predicted molar refractivity (Wildman–Crippen MR) is 96.1 cm³/mol. The zero-order valence-corrected chi connectivity index (χ0v) is 15.3. The Hall–Kier alpha value is -2.36. The van der Waals surface area contributed by atoms with Crippen molar-refractivity contribution in [3.05, 3.63) is 70.8 Å². The van der Waals surface area contributed by atoms with Gasteiger partial charge in [0.1, 0.15) is 0 Å². The molecule has 2 aromatic carbocycles. The highest BCUT2D eigenvalue weighted by molar-refractivity contribution is 7.97. The molecule has 9 heteroatoms. The first-order valence-corrected chi connectivity index (χ1v) is 9.15. The summed E-state index contributed by atoms with van der Waals surface area (Å²) >= 11 is 0.856. The molecule has 2 N–H and O–H groups in total. The zero-order chi connectivity index (χ0) is 20.3. The van der Waals surface area contributed by atoms with Crippen LogP contribution < -0.4 is 5.48 Å². The molecule has 3 rings (SSSR count). The average molecular weight is 412 g/mol. The number of carbonyl (C=O) groups is 1. The minimum Gasteiger partial charge on any atom is -0.288 e. The third-order valence-electron chi connectivity index (χ3n) is 4.09. The number of nitrogens with zero attached hydrogens (tertiary/aromatic N) is 1. The van der Waals surface area contributed by atoms with Gasteiger partial charge in [0.05, 0.1) is 4.90 Å². The lowest BCUT2D eigenvalue weighted by atomic mass is 10.1. The van der Waals surface area contributed by atoms with Crippen LogP contribution in [0.15, 0.2) is 41.3 Å².